The number of benzene rings is 1. The van der Waals surface area contributed by atoms with Crippen molar-refractivity contribution in [2.45, 2.75) is 19.9 Å². The van der Waals surface area contributed by atoms with Crippen molar-refractivity contribution >= 4 is 29.2 Å². The highest BCUT2D eigenvalue weighted by Crippen LogP contribution is 2.22. The monoisotopic (exact) mass is 307 g/mol. The van der Waals surface area contributed by atoms with Crippen LogP contribution in [0.5, 0.6) is 0 Å². The topological polar surface area (TPSA) is 37.3 Å². The Labute approximate surface area is 131 Å². The van der Waals surface area contributed by atoms with E-state index in [1.54, 1.807) is 0 Å². The number of piperazine rings is 1. The first kappa shape index (κ1) is 15.9. The van der Waals surface area contributed by atoms with Gasteiger partial charge in [-0.3, -0.25) is 4.79 Å². The predicted octanol–water partition coefficient (Wildman–Crippen LogP) is 2.06. The Bertz CT molecular complexity index is 617. The van der Waals surface area contributed by atoms with Crippen molar-refractivity contribution in [3.8, 4) is 0 Å². The Kier molecular flexibility index (Phi) is 5.26. The van der Waals surface area contributed by atoms with Crippen LogP contribution >= 0.6 is 12.4 Å². The van der Waals surface area contributed by atoms with Crippen LogP contribution in [0.3, 0.4) is 0 Å². The van der Waals surface area contributed by atoms with Gasteiger partial charge in [0.15, 0.2) is 0 Å². The quantitative estimate of drug-likeness (QED) is 0.942. The molecule has 0 spiro atoms. The van der Waals surface area contributed by atoms with Gasteiger partial charge in [0.05, 0.1) is 6.42 Å². The van der Waals surface area contributed by atoms with E-state index in [-0.39, 0.29) is 18.3 Å². The van der Waals surface area contributed by atoms with Crippen LogP contribution in [-0.2, 0) is 17.8 Å². The number of amides is 1. The van der Waals surface area contributed by atoms with E-state index in [9.17, 15) is 4.79 Å². The summed E-state index contributed by atoms with van der Waals surface area (Å²) in [5, 5.41) is 4.48. The molecule has 0 radical (unpaired) electrons. The molecule has 1 fully saturated rings. The number of aromatic nitrogens is 1. The van der Waals surface area contributed by atoms with Gasteiger partial charge < -0.3 is 14.8 Å². The molecule has 0 atom stereocenters. The fourth-order valence-corrected chi connectivity index (χ4v) is 2.91. The van der Waals surface area contributed by atoms with E-state index in [0.29, 0.717) is 6.42 Å². The van der Waals surface area contributed by atoms with Gasteiger partial charge >= 0.3 is 0 Å². The molecule has 0 saturated carbocycles. The summed E-state index contributed by atoms with van der Waals surface area (Å²) in [6.45, 7) is 6.53. The lowest BCUT2D eigenvalue weighted by molar-refractivity contribution is -0.131. The number of rotatable bonds is 3. The fraction of sp³-hybridized carbons (Fsp3) is 0.438. The van der Waals surface area contributed by atoms with Crippen molar-refractivity contribution in [3.05, 3.63) is 36.0 Å². The minimum atomic E-state index is 0. The number of halogens is 1. The van der Waals surface area contributed by atoms with Crippen molar-refractivity contribution in [2.24, 2.45) is 0 Å². The minimum Gasteiger partial charge on any atom is -0.347 e. The average Bonchev–Trinajstić information content (AvgIpc) is 2.86. The summed E-state index contributed by atoms with van der Waals surface area (Å²) >= 11 is 0. The Balaban J connectivity index is 0.00000161. The van der Waals surface area contributed by atoms with Crippen LogP contribution < -0.4 is 5.32 Å². The molecule has 3 rings (SSSR count). The highest BCUT2D eigenvalue weighted by molar-refractivity contribution is 5.89. The summed E-state index contributed by atoms with van der Waals surface area (Å²) in [6, 6.07) is 8.33. The van der Waals surface area contributed by atoms with Crippen molar-refractivity contribution in [1.29, 1.82) is 0 Å². The second kappa shape index (κ2) is 6.96. The van der Waals surface area contributed by atoms with Gasteiger partial charge in [0.2, 0.25) is 5.91 Å². The highest BCUT2D eigenvalue weighted by Gasteiger charge is 2.18. The number of para-hydroxylation sites is 1. The van der Waals surface area contributed by atoms with Crippen molar-refractivity contribution in [3.63, 3.8) is 0 Å². The molecule has 0 bridgehead atoms. The molecule has 1 saturated heterocycles. The second-order valence-corrected chi connectivity index (χ2v) is 5.27. The normalized spacial score (nSPS) is 15.0. The van der Waals surface area contributed by atoms with Crippen molar-refractivity contribution in [1.82, 2.24) is 14.8 Å². The summed E-state index contributed by atoms with van der Waals surface area (Å²) in [7, 11) is 0. The predicted molar refractivity (Wildman–Crippen MR) is 88.0 cm³/mol. The number of hydrogen-bond donors (Lipinski definition) is 1. The van der Waals surface area contributed by atoms with E-state index < -0.39 is 0 Å². The number of nitrogens with one attached hydrogen (secondary N) is 1. The molecule has 1 N–H and O–H groups in total. The molecule has 1 amide bonds. The number of nitrogens with zero attached hydrogens (tertiary/aromatic N) is 2. The molecule has 114 valence electrons. The third kappa shape index (κ3) is 3.22. The van der Waals surface area contributed by atoms with E-state index in [2.05, 4.69) is 41.2 Å². The maximum atomic E-state index is 12.4. The van der Waals surface area contributed by atoms with Crippen LogP contribution in [0, 0.1) is 0 Å². The van der Waals surface area contributed by atoms with Gasteiger partial charge in [0.1, 0.15) is 0 Å². The molecule has 2 aromatic rings. The van der Waals surface area contributed by atoms with Crippen LogP contribution in [0.15, 0.2) is 30.5 Å². The zero-order valence-electron chi connectivity index (χ0n) is 12.3. The van der Waals surface area contributed by atoms with Crippen molar-refractivity contribution < 1.29 is 4.79 Å². The lowest BCUT2D eigenvalue weighted by Crippen LogP contribution is -2.46. The molecule has 21 heavy (non-hydrogen) atoms. The average molecular weight is 308 g/mol. The molecule has 2 heterocycles. The number of carbonyl (C=O) groups is 1. The first-order valence-corrected chi connectivity index (χ1v) is 7.35. The van der Waals surface area contributed by atoms with E-state index in [1.807, 2.05) is 11.0 Å². The zero-order chi connectivity index (χ0) is 13.9. The van der Waals surface area contributed by atoms with Crippen LogP contribution in [0.4, 0.5) is 0 Å². The summed E-state index contributed by atoms with van der Waals surface area (Å²) in [5.41, 5.74) is 2.36. The molecule has 1 aliphatic heterocycles. The highest BCUT2D eigenvalue weighted by atomic mass is 35.5. The van der Waals surface area contributed by atoms with E-state index in [0.717, 1.165) is 38.3 Å². The fourth-order valence-electron chi connectivity index (χ4n) is 2.91. The molecule has 1 aromatic carbocycles. The number of aryl methyl sites for hydroxylation is 1. The van der Waals surface area contributed by atoms with Gasteiger partial charge in [-0.25, -0.2) is 0 Å². The van der Waals surface area contributed by atoms with Gasteiger partial charge in [0, 0.05) is 49.8 Å². The first-order chi connectivity index (χ1) is 9.79. The van der Waals surface area contributed by atoms with E-state index in [1.165, 1.54) is 10.9 Å². The smallest absolute Gasteiger partial charge is 0.227 e. The Morgan fingerprint density at radius 3 is 2.67 bits per heavy atom. The molecule has 4 nitrogen and oxygen atoms in total. The Morgan fingerprint density at radius 1 is 1.24 bits per heavy atom. The summed E-state index contributed by atoms with van der Waals surface area (Å²) in [6.07, 6.45) is 2.64. The Hall–Kier alpha value is -1.52. The molecule has 5 heteroatoms. The largest absolute Gasteiger partial charge is 0.347 e. The lowest BCUT2D eigenvalue weighted by atomic mass is 10.1. The molecule has 1 aromatic heterocycles. The Morgan fingerprint density at radius 2 is 1.95 bits per heavy atom. The van der Waals surface area contributed by atoms with Gasteiger partial charge in [0.25, 0.3) is 0 Å². The maximum absolute atomic E-state index is 12.4. The maximum Gasteiger partial charge on any atom is 0.227 e. The zero-order valence-corrected chi connectivity index (χ0v) is 13.2. The lowest BCUT2D eigenvalue weighted by Gasteiger charge is -2.27. The van der Waals surface area contributed by atoms with Gasteiger partial charge in [-0.1, -0.05) is 18.2 Å². The third-order valence-electron chi connectivity index (χ3n) is 4.02. The van der Waals surface area contributed by atoms with E-state index in [4.69, 9.17) is 0 Å². The van der Waals surface area contributed by atoms with Crippen molar-refractivity contribution in [2.75, 3.05) is 26.2 Å². The number of fused-ring (bicyclic) bond motifs is 1. The second-order valence-electron chi connectivity index (χ2n) is 5.27. The SMILES string of the molecule is CCn1cc(CC(=O)N2CCNCC2)c2ccccc21.Cl. The van der Waals surface area contributed by atoms with Crippen LogP contribution in [0.25, 0.3) is 10.9 Å². The molecular weight excluding hydrogens is 286 g/mol. The molecule has 0 aliphatic carbocycles. The third-order valence-corrected chi connectivity index (χ3v) is 4.02. The van der Waals surface area contributed by atoms with Gasteiger partial charge in [-0.2, -0.15) is 0 Å². The van der Waals surface area contributed by atoms with Gasteiger partial charge in [-0.05, 0) is 18.6 Å². The van der Waals surface area contributed by atoms with Crippen LogP contribution in [0.1, 0.15) is 12.5 Å². The first-order valence-electron chi connectivity index (χ1n) is 7.35. The van der Waals surface area contributed by atoms with E-state index >= 15 is 0 Å². The van der Waals surface area contributed by atoms with Crippen LogP contribution in [0.2, 0.25) is 0 Å². The van der Waals surface area contributed by atoms with Gasteiger partial charge in [-0.15, -0.1) is 12.4 Å². The van der Waals surface area contributed by atoms with Crippen LogP contribution in [-0.4, -0.2) is 41.6 Å². The standard InChI is InChI=1S/C16H21N3O.ClH/c1-2-18-12-13(14-5-3-4-6-15(14)18)11-16(20)19-9-7-17-8-10-19;/h3-6,12,17H,2,7-11H2,1H3;1H. The number of hydrogen-bond acceptors (Lipinski definition) is 2. The summed E-state index contributed by atoms with van der Waals surface area (Å²) in [4.78, 5) is 14.4. The number of carbonyl (C=O) groups excluding carboxylic acids is 1. The molecule has 0 unspecified atom stereocenters. The molecule has 1 aliphatic rings. The minimum absolute atomic E-state index is 0. The summed E-state index contributed by atoms with van der Waals surface area (Å²) < 4.78 is 2.22. The molecular formula is C16H22ClN3O. The summed E-state index contributed by atoms with van der Waals surface area (Å²) in [5.74, 6) is 0.241.